The van der Waals surface area contributed by atoms with Crippen molar-refractivity contribution in [2.45, 2.75) is 102 Å². The summed E-state index contributed by atoms with van der Waals surface area (Å²) in [6.45, 7) is 6.43. The maximum Gasteiger partial charge on any atom is 0.318 e. The van der Waals surface area contributed by atoms with Gasteiger partial charge in [-0.05, 0) is 30.9 Å². The number of aromatic amines is 1. The summed E-state index contributed by atoms with van der Waals surface area (Å²) in [5.74, 6) is -0.464. The average molecular weight is 668 g/mol. The standard InChI is InChI=1S/C36H57N7O5/c1-25(2)32(44)22-33(45)29(19-26-11-7-5-8-12-26)39-34(46)31(21-28-23-37-24-38-28)42(4)35(47)30(20-27-13-9-6-10-14-27)40-36(48)43-17-15-41(3)16-18-43/h6,9-10,13-14,23-26,29-33,44-45H,5,7-8,11-12,15-22H2,1-4H3,(H,37,38)(H,39,46)(H,40,48)/t29-,30-,31-,32-,33-/m0/s1. The summed E-state index contributed by atoms with van der Waals surface area (Å²) < 4.78 is 0. The van der Waals surface area contributed by atoms with Gasteiger partial charge in [-0.15, -0.1) is 0 Å². The number of likely N-dealkylation sites (N-methyl/N-ethyl adjacent to an activating group) is 2. The number of carbonyl (C=O) groups is 3. The molecule has 5 N–H and O–H groups in total. The van der Waals surface area contributed by atoms with Crippen molar-refractivity contribution >= 4 is 17.8 Å². The first kappa shape index (κ1) is 37.3. The molecule has 2 heterocycles. The van der Waals surface area contributed by atoms with Crippen LogP contribution in [-0.4, -0.2) is 123 Å². The molecule has 0 spiro atoms. The van der Waals surface area contributed by atoms with Gasteiger partial charge in [-0.25, -0.2) is 9.78 Å². The van der Waals surface area contributed by atoms with Gasteiger partial charge in [-0.1, -0.05) is 76.3 Å². The minimum atomic E-state index is -0.951. The highest BCUT2D eigenvalue weighted by Crippen LogP contribution is 2.29. The van der Waals surface area contributed by atoms with Crippen molar-refractivity contribution in [1.29, 1.82) is 0 Å². The Bertz CT molecular complexity index is 1260. The number of piperazine rings is 1. The molecule has 1 aromatic heterocycles. The second kappa shape index (κ2) is 18.3. The van der Waals surface area contributed by atoms with Gasteiger partial charge in [0.05, 0.1) is 24.6 Å². The molecule has 48 heavy (non-hydrogen) atoms. The zero-order valence-electron chi connectivity index (χ0n) is 29.2. The summed E-state index contributed by atoms with van der Waals surface area (Å²) in [5, 5.41) is 28.1. The number of urea groups is 1. The molecule has 1 saturated carbocycles. The normalized spacial score (nSPS) is 19.3. The summed E-state index contributed by atoms with van der Waals surface area (Å²) in [5.41, 5.74) is 1.56. The van der Waals surface area contributed by atoms with Gasteiger partial charge in [0, 0.05) is 64.4 Å². The molecule has 2 aromatic rings. The molecule has 266 valence electrons. The smallest absolute Gasteiger partial charge is 0.318 e. The molecule has 0 bridgehead atoms. The minimum Gasteiger partial charge on any atom is -0.393 e. The largest absolute Gasteiger partial charge is 0.393 e. The van der Waals surface area contributed by atoms with E-state index in [0.29, 0.717) is 31.1 Å². The lowest BCUT2D eigenvalue weighted by molar-refractivity contribution is -0.141. The van der Waals surface area contributed by atoms with Gasteiger partial charge in [0.15, 0.2) is 0 Å². The number of aliphatic hydroxyl groups is 2. The lowest BCUT2D eigenvalue weighted by atomic mass is 9.82. The third-order valence-corrected chi connectivity index (χ3v) is 10.1. The molecule has 2 fully saturated rings. The zero-order chi connectivity index (χ0) is 34.6. The Morgan fingerprint density at radius 3 is 2.29 bits per heavy atom. The molecule has 1 aliphatic carbocycles. The summed E-state index contributed by atoms with van der Waals surface area (Å²) in [6.07, 6.45) is 8.19. The van der Waals surface area contributed by atoms with Crippen LogP contribution in [0.25, 0.3) is 0 Å². The molecule has 1 saturated heterocycles. The number of rotatable bonds is 15. The molecule has 12 heteroatoms. The quantitative estimate of drug-likeness (QED) is 0.196. The van der Waals surface area contributed by atoms with Crippen molar-refractivity contribution in [1.82, 2.24) is 35.3 Å². The lowest BCUT2D eigenvalue weighted by Gasteiger charge is -2.36. The van der Waals surface area contributed by atoms with Crippen molar-refractivity contribution in [2.75, 3.05) is 40.3 Å². The summed E-state index contributed by atoms with van der Waals surface area (Å²) in [7, 11) is 3.61. The maximum absolute atomic E-state index is 14.3. The van der Waals surface area contributed by atoms with E-state index in [0.717, 1.165) is 44.3 Å². The van der Waals surface area contributed by atoms with E-state index >= 15 is 0 Å². The molecule has 1 aliphatic heterocycles. The highest BCUT2D eigenvalue weighted by atomic mass is 16.3. The van der Waals surface area contributed by atoms with E-state index in [1.165, 1.54) is 17.6 Å². The van der Waals surface area contributed by atoms with E-state index in [1.807, 2.05) is 51.2 Å². The minimum absolute atomic E-state index is 0.0369. The molecule has 2 aliphatic rings. The number of aromatic nitrogens is 2. The van der Waals surface area contributed by atoms with E-state index in [9.17, 15) is 24.6 Å². The lowest BCUT2D eigenvalue weighted by Crippen LogP contribution is -2.60. The Hall–Kier alpha value is -3.48. The molecule has 1 aromatic carbocycles. The first-order valence-electron chi connectivity index (χ1n) is 17.7. The van der Waals surface area contributed by atoms with Crippen LogP contribution >= 0.6 is 0 Å². The summed E-state index contributed by atoms with van der Waals surface area (Å²) in [4.78, 5) is 54.5. The summed E-state index contributed by atoms with van der Waals surface area (Å²) >= 11 is 0. The SMILES string of the molecule is CC(C)[C@@H](O)C[C@H](O)[C@H](CC1CCCCC1)NC(=O)[C@H](Cc1cnc[nH]1)N(C)C(=O)[C@H](Cc1ccccc1)NC(=O)N1CCN(C)CC1. The van der Waals surface area contributed by atoms with E-state index in [-0.39, 0.29) is 37.1 Å². The monoisotopic (exact) mass is 667 g/mol. The van der Waals surface area contributed by atoms with Crippen molar-refractivity contribution in [2.24, 2.45) is 11.8 Å². The van der Waals surface area contributed by atoms with E-state index < -0.39 is 36.2 Å². The fourth-order valence-electron chi connectivity index (χ4n) is 6.77. The number of nitrogens with zero attached hydrogens (tertiary/aromatic N) is 4. The van der Waals surface area contributed by atoms with Crippen molar-refractivity contribution in [3.05, 3.63) is 54.1 Å². The second-order valence-corrected chi connectivity index (χ2v) is 14.2. The van der Waals surface area contributed by atoms with Gasteiger partial charge >= 0.3 is 6.03 Å². The fourth-order valence-corrected chi connectivity index (χ4v) is 6.77. The van der Waals surface area contributed by atoms with Crippen LogP contribution in [0.4, 0.5) is 4.79 Å². The number of imidazole rings is 1. The number of amides is 4. The topological polar surface area (TPSA) is 154 Å². The Morgan fingerprint density at radius 2 is 1.67 bits per heavy atom. The van der Waals surface area contributed by atoms with Gasteiger partial charge in [-0.3, -0.25) is 9.59 Å². The van der Waals surface area contributed by atoms with E-state index in [4.69, 9.17) is 0 Å². The first-order valence-corrected chi connectivity index (χ1v) is 17.7. The van der Waals surface area contributed by atoms with Crippen LogP contribution in [0.1, 0.15) is 70.1 Å². The van der Waals surface area contributed by atoms with Crippen LogP contribution in [0, 0.1) is 11.8 Å². The molecular formula is C36H57N7O5. The molecular weight excluding hydrogens is 610 g/mol. The van der Waals surface area contributed by atoms with Crippen LogP contribution < -0.4 is 10.6 Å². The van der Waals surface area contributed by atoms with Crippen LogP contribution in [0.15, 0.2) is 42.9 Å². The zero-order valence-corrected chi connectivity index (χ0v) is 29.2. The van der Waals surface area contributed by atoms with Crippen LogP contribution in [0.2, 0.25) is 0 Å². The third-order valence-electron chi connectivity index (χ3n) is 10.1. The number of aliphatic hydroxyl groups excluding tert-OH is 2. The number of benzene rings is 1. The predicted octanol–water partition coefficient (Wildman–Crippen LogP) is 2.57. The fraction of sp³-hybridized carbons (Fsp3) is 0.667. The van der Waals surface area contributed by atoms with Crippen LogP contribution in [-0.2, 0) is 22.4 Å². The predicted molar refractivity (Wildman–Crippen MR) is 185 cm³/mol. The van der Waals surface area contributed by atoms with Gasteiger partial charge in [0.2, 0.25) is 11.8 Å². The van der Waals surface area contributed by atoms with Crippen LogP contribution in [0.3, 0.4) is 0 Å². The van der Waals surface area contributed by atoms with E-state index in [1.54, 1.807) is 18.1 Å². The molecule has 4 amide bonds. The molecule has 12 nitrogen and oxygen atoms in total. The average Bonchev–Trinajstić information content (AvgIpc) is 3.60. The Morgan fingerprint density at radius 1 is 0.979 bits per heavy atom. The number of hydrogen-bond donors (Lipinski definition) is 5. The molecule has 0 unspecified atom stereocenters. The van der Waals surface area contributed by atoms with Gasteiger partial charge in [0.1, 0.15) is 12.1 Å². The highest BCUT2D eigenvalue weighted by molar-refractivity contribution is 5.92. The summed E-state index contributed by atoms with van der Waals surface area (Å²) in [6, 6.07) is 6.77. The number of carbonyl (C=O) groups excluding carboxylic acids is 3. The molecule has 5 atom stereocenters. The highest BCUT2D eigenvalue weighted by Gasteiger charge is 2.36. The van der Waals surface area contributed by atoms with Crippen molar-refractivity contribution in [3.63, 3.8) is 0 Å². The number of nitrogens with one attached hydrogen (secondary N) is 3. The Balaban J connectivity index is 1.57. The van der Waals surface area contributed by atoms with Crippen molar-refractivity contribution < 1.29 is 24.6 Å². The molecule has 4 rings (SSSR count). The first-order chi connectivity index (χ1) is 23.0. The Labute approximate surface area is 285 Å². The van der Waals surface area contributed by atoms with Gasteiger partial charge < -0.3 is 40.5 Å². The van der Waals surface area contributed by atoms with Crippen molar-refractivity contribution in [3.8, 4) is 0 Å². The third kappa shape index (κ3) is 11.0. The second-order valence-electron chi connectivity index (χ2n) is 14.2. The molecule has 0 radical (unpaired) electrons. The number of hydrogen-bond acceptors (Lipinski definition) is 7. The van der Waals surface area contributed by atoms with Gasteiger partial charge in [-0.2, -0.15) is 0 Å². The maximum atomic E-state index is 14.3. The van der Waals surface area contributed by atoms with E-state index in [2.05, 4.69) is 25.5 Å². The van der Waals surface area contributed by atoms with Gasteiger partial charge in [0.25, 0.3) is 0 Å². The Kier molecular flexibility index (Phi) is 14.3. The van der Waals surface area contributed by atoms with Crippen LogP contribution in [0.5, 0.6) is 0 Å². The number of H-pyrrole nitrogens is 1.